The van der Waals surface area contributed by atoms with Gasteiger partial charge in [0.05, 0.1) is 5.52 Å². The van der Waals surface area contributed by atoms with Gasteiger partial charge in [-0.05, 0) is 144 Å². The maximum Gasteiger partial charge on any atom is 0.198 e. The van der Waals surface area contributed by atoms with Crippen LogP contribution in [0.1, 0.15) is 131 Å². The van der Waals surface area contributed by atoms with Crippen molar-refractivity contribution >= 4 is 93.7 Å². The Morgan fingerprint density at radius 1 is 0.562 bits per heavy atom. The van der Waals surface area contributed by atoms with Crippen LogP contribution in [0.3, 0.4) is 0 Å². The Labute approximate surface area is 385 Å². The summed E-state index contributed by atoms with van der Waals surface area (Å²) in [6.45, 7) is 30.7. The van der Waals surface area contributed by atoms with Crippen LogP contribution in [0.2, 0.25) is 0 Å². The molecule has 2 aliphatic rings. The number of fused-ring (bicyclic) bond motifs is 11. The van der Waals surface area contributed by atoms with Crippen molar-refractivity contribution < 1.29 is 0 Å². The lowest BCUT2D eigenvalue weighted by Gasteiger charge is -2.41. The molecule has 1 aliphatic carbocycles. The van der Waals surface area contributed by atoms with E-state index < -0.39 is 0 Å². The van der Waals surface area contributed by atoms with Crippen molar-refractivity contribution in [2.24, 2.45) is 0 Å². The van der Waals surface area contributed by atoms with Gasteiger partial charge in [-0.2, -0.15) is 0 Å². The monoisotopic (exact) mass is 854 g/mol. The lowest BCUT2D eigenvalue weighted by atomic mass is 9.57. The molecule has 1 N–H and O–H groups in total. The molecule has 0 bridgehead atoms. The summed E-state index contributed by atoms with van der Waals surface area (Å²) in [6.07, 6.45) is 2.41. The van der Waals surface area contributed by atoms with Gasteiger partial charge in [0.15, 0.2) is 7.28 Å². The lowest BCUT2D eigenvalue weighted by molar-refractivity contribution is 0.332. The largest absolute Gasteiger partial charge is 0.355 e. The van der Waals surface area contributed by atoms with Crippen molar-refractivity contribution in [3.8, 4) is 16.8 Å². The first-order valence-corrected chi connectivity index (χ1v) is 24.5. The third kappa shape index (κ3) is 6.33. The molecule has 0 spiro atoms. The molecule has 0 saturated carbocycles. The van der Waals surface area contributed by atoms with Crippen LogP contribution in [-0.2, 0) is 27.1 Å². The second kappa shape index (κ2) is 13.6. The van der Waals surface area contributed by atoms with Crippen molar-refractivity contribution in [3.05, 3.63) is 137 Å². The van der Waals surface area contributed by atoms with Crippen LogP contribution in [0.5, 0.6) is 0 Å². The first-order chi connectivity index (χ1) is 30.1. The molecule has 322 valence electrons. The summed E-state index contributed by atoms with van der Waals surface area (Å²) in [4.78, 5) is 0. The predicted molar refractivity (Wildman–Crippen MR) is 284 cm³/mol. The van der Waals surface area contributed by atoms with Gasteiger partial charge in [0, 0.05) is 59.1 Å². The van der Waals surface area contributed by atoms with Gasteiger partial charge in [0.1, 0.15) is 0 Å². The Morgan fingerprint density at radius 3 is 1.81 bits per heavy atom. The number of aromatic nitrogens is 1. The quantitative estimate of drug-likeness (QED) is 0.175. The third-order valence-electron chi connectivity index (χ3n) is 15.3. The Morgan fingerprint density at radius 2 is 1.14 bits per heavy atom. The molecule has 0 unspecified atom stereocenters. The predicted octanol–water partition coefficient (Wildman–Crippen LogP) is 15.7. The van der Waals surface area contributed by atoms with E-state index in [0.29, 0.717) is 0 Å². The molecular formula is C60H63BN2S. The fourth-order valence-corrected chi connectivity index (χ4v) is 12.4. The topological polar surface area (TPSA) is 17.0 Å². The van der Waals surface area contributed by atoms with Crippen molar-refractivity contribution in [2.45, 2.75) is 130 Å². The standard InChI is InChI=1S/C60H63BN2S/c1-56(2,3)34-18-22-37(23-19-34)62-47-31-41-40-30-44-45(60(12,13)27-26-59(44,10)11)33-51(40)64-50(41)32-42(47)52-38-16-14-15-17-39(38)53-43-28-35(57(4,5)6)20-24-48(43)63-49-25-21-36(58(7,8)9)29-46(49)61-54(52)55(53)63/h14-25,28-33,61-62H,26-27H2,1-13H3. The van der Waals surface area contributed by atoms with Gasteiger partial charge in [-0.25, -0.2) is 0 Å². The smallest absolute Gasteiger partial charge is 0.198 e. The van der Waals surface area contributed by atoms with Gasteiger partial charge in [0.25, 0.3) is 0 Å². The Hall–Kier alpha value is -5.32. The van der Waals surface area contributed by atoms with Crippen LogP contribution in [0.4, 0.5) is 11.4 Å². The Kier molecular flexibility index (Phi) is 8.80. The Balaban J connectivity index is 1.26. The lowest BCUT2D eigenvalue weighted by Crippen LogP contribution is -2.38. The minimum absolute atomic E-state index is 0.0248. The number of hydrogen-bond donors (Lipinski definition) is 1. The second-order valence-electron chi connectivity index (χ2n) is 23.8. The van der Waals surface area contributed by atoms with Crippen LogP contribution in [0, 0.1) is 0 Å². The molecule has 9 aromatic rings. The van der Waals surface area contributed by atoms with Gasteiger partial charge in [-0.15, -0.1) is 11.3 Å². The molecule has 0 saturated heterocycles. The van der Waals surface area contributed by atoms with Gasteiger partial charge >= 0.3 is 0 Å². The zero-order valence-electron chi connectivity index (χ0n) is 40.4. The molecule has 7 aromatic carbocycles. The number of thiophene rings is 1. The van der Waals surface area contributed by atoms with Crippen molar-refractivity contribution in [1.29, 1.82) is 0 Å². The van der Waals surface area contributed by atoms with Gasteiger partial charge in [0.2, 0.25) is 0 Å². The number of nitrogens with zero attached hydrogens (tertiary/aromatic N) is 1. The highest BCUT2D eigenvalue weighted by molar-refractivity contribution is 7.25. The zero-order valence-corrected chi connectivity index (χ0v) is 41.2. The summed E-state index contributed by atoms with van der Waals surface area (Å²) >= 11 is 1.97. The molecule has 2 aromatic heterocycles. The molecule has 1 aliphatic heterocycles. The summed E-state index contributed by atoms with van der Waals surface area (Å²) in [7, 11) is 0.861. The highest BCUT2D eigenvalue weighted by Crippen LogP contribution is 2.51. The van der Waals surface area contributed by atoms with Gasteiger partial charge < -0.3 is 9.88 Å². The summed E-state index contributed by atoms with van der Waals surface area (Å²) in [6, 6.07) is 43.2. The maximum atomic E-state index is 4.08. The number of nitrogens with one attached hydrogen (secondary N) is 1. The molecule has 0 amide bonds. The molecule has 11 rings (SSSR count). The molecule has 4 heteroatoms. The second-order valence-corrected chi connectivity index (χ2v) is 24.9. The SMILES string of the molecule is CC(C)(C)c1ccc(Nc2cc3c(cc2-c2c4c5c(c6ccccc26)c2cc(C(C)(C)C)ccc2n5-c2ccc(C(C)(C)C)cc2B4)sc2cc4c(cc23)C(C)(C)CCC4(C)C)cc1. The van der Waals surface area contributed by atoms with Crippen molar-refractivity contribution in [1.82, 2.24) is 4.57 Å². The minimum atomic E-state index is 0.0248. The van der Waals surface area contributed by atoms with Crippen LogP contribution in [0.15, 0.2) is 109 Å². The van der Waals surface area contributed by atoms with E-state index in [-0.39, 0.29) is 27.1 Å². The number of hydrogen-bond acceptors (Lipinski definition) is 2. The van der Waals surface area contributed by atoms with Crippen molar-refractivity contribution in [3.63, 3.8) is 0 Å². The van der Waals surface area contributed by atoms with E-state index in [9.17, 15) is 0 Å². The first-order valence-electron chi connectivity index (χ1n) is 23.7. The average Bonchev–Trinajstić information content (AvgIpc) is 3.76. The number of anilines is 2. The number of benzene rings is 7. The highest BCUT2D eigenvalue weighted by Gasteiger charge is 2.38. The zero-order chi connectivity index (χ0) is 45.0. The molecule has 0 fully saturated rings. The maximum absolute atomic E-state index is 4.08. The van der Waals surface area contributed by atoms with Crippen molar-refractivity contribution in [2.75, 3.05) is 5.32 Å². The first kappa shape index (κ1) is 41.4. The summed E-state index contributed by atoms with van der Waals surface area (Å²) < 4.78 is 5.35. The summed E-state index contributed by atoms with van der Waals surface area (Å²) in [5.74, 6) is 0. The molecule has 64 heavy (non-hydrogen) atoms. The van der Waals surface area contributed by atoms with E-state index in [0.717, 1.165) is 18.7 Å². The number of rotatable bonds is 3. The van der Waals surface area contributed by atoms with Crippen LogP contribution < -0.4 is 16.2 Å². The van der Waals surface area contributed by atoms with Crippen LogP contribution >= 0.6 is 11.3 Å². The normalized spacial score (nSPS) is 15.8. The molecule has 0 radical (unpaired) electrons. The molecule has 3 heterocycles. The van der Waals surface area contributed by atoms with Gasteiger partial charge in [-0.3, -0.25) is 0 Å². The van der Waals surface area contributed by atoms with E-state index in [2.05, 4.69) is 209 Å². The highest BCUT2D eigenvalue weighted by atomic mass is 32.1. The fourth-order valence-electron chi connectivity index (χ4n) is 11.2. The average molecular weight is 855 g/mol. The summed E-state index contributed by atoms with van der Waals surface area (Å²) in [5, 5.41) is 12.1. The minimum Gasteiger partial charge on any atom is -0.355 e. The summed E-state index contributed by atoms with van der Waals surface area (Å²) in [5.41, 5.74) is 19.1. The van der Waals surface area contributed by atoms with E-state index in [4.69, 9.17) is 0 Å². The van der Waals surface area contributed by atoms with E-state index in [1.165, 1.54) is 121 Å². The van der Waals surface area contributed by atoms with Crippen LogP contribution in [-0.4, -0.2) is 11.8 Å². The fraction of sp³-hybridized carbons (Fsp3) is 0.333. The van der Waals surface area contributed by atoms with Gasteiger partial charge in [-0.1, -0.05) is 150 Å². The van der Waals surface area contributed by atoms with E-state index >= 15 is 0 Å². The van der Waals surface area contributed by atoms with E-state index in [1.54, 1.807) is 0 Å². The van der Waals surface area contributed by atoms with E-state index in [1.807, 2.05) is 11.3 Å². The molecule has 2 nitrogen and oxygen atoms in total. The third-order valence-corrected chi connectivity index (χ3v) is 16.4. The Bertz CT molecular complexity index is 3420. The van der Waals surface area contributed by atoms with Crippen LogP contribution in [0.25, 0.3) is 69.6 Å². The molecular weight excluding hydrogens is 792 g/mol. The molecule has 0 atom stereocenters.